The standard InChI is InChI=1S/C24H27ClFN5O3/c1-30(2)13-22(32)31-9-5-6-15(12-31)34-21-10-16-19(11-20(21)33-3)27-14-28-24(16)29-18-8-4-7-17(25)23(18)26/h4,7-8,10-11,14-15H,5-6,9,12-13H2,1-3H3,(H,27,28,29)/t15-/m1/s1. The molecular formula is C24H27ClFN5O3. The van der Waals surface area contributed by atoms with Gasteiger partial charge in [-0.05, 0) is 45.1 Å². The molecule has 4 rings (SSSR count). The van der Waals surface area contributed by atoms with Gasteiger partial charge < -0.3 is 24.6 Å². The monoisotopic (exact) mass is 487 g/mol. The van der Waals surface area contributed by atoms with Crippen molar-refractivity contribution >= 4 is 39.9 Å². The molecule has 8 nitrogen and oxygen atoms in total. The Labute approximate surface area is 202 Å². The number of hydrogen-bond donors (Lipinski definition) is 1. The average molecular weight is 488 g/mol. The molecule has 1 saturated heterocycles. The van der Waals surface area contributed by atoms with E-state index in [0.29, 0.717) is 47.9 Å². The van der Waals surface area contributed by atoms with Crippen LogP contribution < -0.4 is 14.8 Å². The number of benzene rings is 2. The minimum absolute atomic E-state index is 0.0136. The van der Waals surface area contributed by atoms with Crippen molar-refractivity contribution in [1.82, 2.24) is 19.8 Å². The molecular weight excluding hydrogens is 461 g/mol. The highest BCUT2D eigenvalue weighted by molar-refractivity contribution is 6.31. The number of nitrogens with one attached hydrogen (secondary N) is 1. The molecule has 1 amide bonds. The quantitative estimate of drug-likeness (QED) is 0.537. The first-order valence-corrected chi connectivity index (χ1v) is 11.4. The second-order valence-electron chi connectivity index (χ2n) is 8.43. The maximum absolute atomic E-state index is 14.5. The maximum Gasteiger partial charge on any atom is 0.236 e. The lowest BCUT2D eigenvalue weighted by atomic mass is 10.1. The molecule has 0 aliphatic carbocycles. The zero-order valence-corrected chi connectivity index (χ0v) is 20.1. The number of rotatable bonds is 7. The number of amides is 1. The fraction of sp³-hybridized carbons (Fsp3) is 0.375. The Morgan fingerprint density at radius 2 is 2.12 bits per heavy atom. The summed E-state index contributed by atoms with van der Waals surface area (Å²) < 4.78 is 26.3. The van der Waals surface area contributed by atoms with E-state index in [2.05, 4.69) is 15.3 Å². The van der Waals surface area contributed by atoms with Crippen LogP contribution in [0, 0.1) is 5.82 Å². The van der Waals surface area contributed by atoms with Gasteiger partial charge in [0.25, 0.3) is 0 Å². The third-order valence-electron chi connectivity index (χ3n) is 5.60. The van der Waals surface area contributed by atoms with Crippen molar-refractivity contribution < 1.29 is 18.7 Å². The number of likely N-dealkylation sites (N-methyl/N-ethyl adjacent to an activating group) is 1. The SMILES string of the molecule is COc1cc2ncnc(Nc3cccc(Cl)c3F)c2cc1O[C@@H]1CCCN(C(=O)CN(C)C)C1. The number of carbonyl (C=O) groups excluding carboxylic acids is 1. The molecule has 34 heavy (non-hydrogen) atoms. The Morgan fingerprint density at radius 3 is 2.88 bits per heavy atom. The second kappa shape index (κ2) is 10.4. The van der Waals surface area contributed by atoms with E-state index in [1.807, 2.05) is 23.9 Å². The van der Waals surface area contributed by atoms with Gasteiger partial charge in [0.15, 0.2) is 17.3 Å². The number of methoxy groups -OCH3 is 1. The number of fused-ring (bicyclic) bond motifs is 1. The molecule has 0 saturated carbocycles. The zero-order valence-electron chi connectivity index (χ0n) is 19.3. The number of carbonyl (C=O) groups is 1. The molecule has 10 heteroatoms. The number of aromatic nitrogens is 2. The van der Waals surface area contributed by atoms with Crippen LogP contribution in [0.2, 0.25) is 5.02 Å². The van der Waals surface area contributed by atoms with Crippen molar-refractivity contribution in [3.63, 3.8) is 0 Å². The minimum Gasteiger partial charge on any atom is -0.493 e. The summed E-state index contributed by atoms with van der Waals surface area (Å²) in [5, 5.41) is 3.65. The summed E-state index contributed by atoms with van der Waals surface area (Å²) in [7, 11) is 5.31. The van der Waals surface area contributed by atoms with E-state index >= 15 is 0 Å². The molecule has 1 fully saturated rings. The molecule has 1 atom stereocenters. The average Bonchev–Trinajstić information content (AvgIpc) is 2.81. The summed E-state index contributed by atoms with van der Waals surface area (Å²) in [4.78, 5) is 24.8. The summed E-state index contributed by atoms with van der Waals surface area (Å²) >= 11 is 5.92. The molecule has 0 bridgehead atoms. The van der Waals surface area contributed by atoms with Crippen molar-refractivity contribution in [3.05, 3.63) is 47.5 Å². The van der Waals surface area contributed by atoms with Crippen LogP contribution in [0.3, 0.4) is 0 Å². The van der Waals surface area contributed by atoms with Crippen LogP contribution in [0.5, 0.6) is 11.5 Å². The first-order valence-electron chi connectivity index (χ1n) is 11.0. The Bertz CT molecular complexity index is 1190. The summed E-state index contributed by atoms with van der Waals surface area (Å²) in [5.41, 5.74) is 0.809. The van der Waals surface area contributed by atoms with Crippen molar-refractivity contribution in [2.45, 2.75) is 18.9 Å². The third kappa shape index (κ3) is 5.31. The van der Waals surface area contributed by atoms with Gasteiger partial charge >= 0.3 is 0 Å². The number of hydrogen-bond acceptors (Lipinski definition) is 7. The number of nitrogens with zero attached hydrogens (tertiary/aromatic N) is 4. The molecule has 2 aromatic carbocycles. The number of piperidine rings is 1. The van der Waals surface area contributed by atoms with Crippen LogP contribution in [-0.4, -0.2) is 72.6 Å². The minimum atomic E-state index is -0.564. The molecule has 0 unspecified atom stereocenters. The second-order valence-corrected chi connectivity index (χ2v) is 8.84. The smallest absolute Gasteiger partial charge is 0.236 e. The van der Waals surface area contributed by atoms with Crippen molar-refractivity contribution in [2.24, 2.45) is 0 Å². The van der Waals surface area contributed by atoms with Crippen LogP contribution in [0.4, 0.5) is 15.9 Å². The summed E-state index contributed by atoms with van der Waals surface area (Å²) in [6, 6.07) is 8.25. The van der Waals surface area contributed by atoms with E-state index in [9.17, 15) is 9.18 Å². The van der Waals surface area contributed by atoms with Gasteiger partial charge in [-0.25, -0.2) is 14.4 Å². The molecule has 1 N–H and O–H groups in total. The molecule has 2 heterocycles. The van der Waals surface area contributed by atoms with E-state index in [-0.39, 0.29) is 22.7 Å². The Morgan fingerprint density at radius 1 is 1.29 bits per heavy atom. The van der Waals surface area contributed by atoms with Crippen LogP contribution >= 0.6 is 11.6 Å². The van der Waals surface area contributed by atoms with Crippen LogP contribution in [0.15, 0.2) is 36.7 Å². The highest BCUT2D eigenvalue weighted by Crippen LogP contribution is 2.36. The molecule has 0 radical (unpaired) electrons. The Kier molecular flexibility index (Phi) is 7.33. The molecule has 1 aliphatic rings. The predicted octanol–water partition coefficient (Wildman–Crippen LogP) is 4.11. The van der Waals surface area contributed by atoms with Gasteiger partial charge in [0.1, 0.15) is 18.2 Å². The van der Waals surface area contributed by atoms with Gasteiger partial charge in [-0.3, -0.25) is 4.79 Å². The van der Waals surface area contributed by atoms with E-state index in [1.54, 1.807) is 31.4 Å². The molecule has 1 aromatic heterocycles. The molecule has 3 aromatic rings. The van der Waals surface area contributed by atoms with Crippen molar-refractivity contribution in [1.29, 1.82) is 0 Å². The Hall–Kier alpha value is -3.17. The predicted molar refractivity (Wildman–Crippen MR) is 130 cm³/mol. The zero-order chi connectivity index (χ0) is 24.2. The Balaban J connectivity index is 1.62. The van der Waals surface area contributed by atoms with E-state index in [4.69, 9.17) is 21.1 Å². The highest BCUT2D eigenvalue weighted by Gasteiger charge is 2.26. The van der Waals surface area contributed by atoms with Crippen LogP contribution in [-0.2, 0) is 4.79 Å². The fourth-order valence-corrected chi connectivity index (χ4v) is 4.13. The normalized spacial score (nSPS) is 16.1. The molecule has 1 aliphatic heterocycles. The lowest BCUT2D eigenvalue weighted by Crippen LogP contribution is -2.47. The first-order chi connectivity index (χ1) is 16.4. The first kappa shape index (κ1) is 24.0. The summed E-state index contributed by atoms with van der Waals surface area (Å²) in [6.07, 6.45) is 2.88. The van der Waals surface area contributed by atoms with E-state index in [1.165, 1.54) is 12.4 Å². The van der Waals surface area contributed by atoms with Gasteiger partial charge in [-0.15, -0.1) is 0 Å². The van der Waals surface area contributed by atoms with Gasteiger partial charge in [0.05, 0.1) is 36.4 Å². The number of ether oxygens (including phenoxy) is 2. The number of likely N-dealkylation sites (tertiary alicyclic amines) is 1. The largest absolute Gasteiger partial charge is 0.493 e. The van der Waals surface area contributed by atoms with Crippen LogP contribution in [0.1, 0.15) is 12.8 Å². The van der Waals surface area contributed by atoms with E-state index < -0.39 is 5.82 Å². The lowest BCUT2D eigenvalue weighted by Gasteiger charge is -2.33. The topological polar surface area (TPSA) is 79.8 Å². The maximum atomic E-state index is 14.5. The highest BCUT2D eigenvalue weighted by atomic mass is 35.5. The van der Waals surface area contributed by atoms with Crippen molar-refractivity contribution in [2.75, 3.05) is 46.2 Å². The van der Waals surface area contributed by atoms with Crippen LogP contribution in [0.25, 0.3) is 10.9 Å². The number of halogens is 2. The summed E-state index contributed by atoms with van der Waals surface area (Å²) in [6.45, 7) is 1.57. The molecule has 0 spiro atoms. The van der Waals surface area contributed by atoms with Gasteiger partial charge in [0.2, 0.25) is 5.91 Å². The van der Waals surface area contributed by atoms with Crippen molar-refractivity contribution in [3.8, 4) is 11.5 Å². The third-order valence-corrected chi connectivity index (χ3v) is 5.89. The van der Waals surface area contributed by atoms with Gasteiger partial charge in [-0.1, -0.05) is 17.7 Å². The fourth-order valence-electron chi connectivity index (χ4n) is 3.95. The molecule has 180 valence electrons. The summed E-state index contributed by atoms with van der Waals surface area (Å²) in [5.74, 6) is 0.942. The number of anilines is 2. The van der Waals surface area contributed by atoms with Gasteiger partial charge in [-0.2, -0.15) is 0 Å². The van der Waals surface area contributed by atoms with Gasteiger partial charge in [0, 0.05) is 18.0 Å². The van der Waals surface area contributed by atoms with E-state index in [0.717, 1.165) is 12.8 Å². The lowest BCUT2D eigenvalue weighted by molar-refractivity contribution is -0.134.